The molecule has 1 amide bonds. The van der Waals surface area contributed by atoms with Gasteiger partial charge in [0.25, 0.3) is 0 Å². The van der Waals surface area contributed by atoms with E-state index in [4.69, 9.17) is 4.74 Å². The first-order chi connectivity index (χ1) is 15.7. The average molecular weight is 436 g/mol. The Bertz CT molecular complexity index is 905. The van der Waals surface area contributed by atoms with Gasteiger partial charge in [-0.25, -0.2) is 0 Å². The van der Waals surface area contributed by atoms with E-state index in [2.05, 4.69) is 39.7 Å². The zero-order valence-electron chi connectivity index (χ0n) is 18.7. The third-order valence-corrected chi connectivity index (χ3v) is 6.56. The molecule has 1 N–H and O–H groups in total. The Balaban J connectivity index is 1.29. The molecule has 1 aliphatic carbocycles. The Morgan fingerprint density at radius 3 is 2.59 bits per heavy atom. The van der Waals surface area contributed by atoms with Gasteiger partial charge in [-0.15, -0.1) is 0 Å². The zero-order chi connectivity index (χ0) is 22.2. The maximum absolute atomic E-state index is 12.5. The van der Waals surface area contributed by atoms with Crippen molar-refractivity contribution in [2.75, 3.05) is 32.8 Å². The Morgan fingerprint density at radius 1 is 1.12 bits per heavy atom. The lowest BCUT2D eigenvalue weighted by atomic mass is 9.88. The van der Waals surface area contributed by atoms with Gasteiger partial charge < -0.3 is 10.1 Å². The minimum Gasteiger partial charge on any atom is -0.379 e. The number of amides is 1. The van der Waals surface area contributed by atoms with Gasteiger partial charge in [-0.3, -0.25) is 14.4 Å². The lowest BCUT2D eigenvalue weighted by molar-refractivity contribution is -0.126. The van der Waals surface area contributed by atoms with Gasteiger partial charge in [0.15, 0.2) is 0 Å². The number of ether oxygens (including phenoxy) is 1. The van der Waals surface area contributed by atoms with E-state index < -0.39 is 6.04 Å². The monoisotopic (exact) mass is 435 g/mol. The summed E-state index contributed by atoms with van der Waals surface area (Å²) in [5.74, 6) is 0.110. The van der Waals surface area contributed by atoms with Crippen LogP contribution in [0.25, 0.3) is 11.1 Å². The molecule has 4 rings (SSSR count). The van der Waals surface area contributed by atoms with E-state index in [1.54, 1.807) is 0 Å². The predicted molar refractivity (Wildman–Crippen MR) is 123 cm³/mol. The number of rotatable bonds is 8. The first-order valence-electron chi connectivity index (χ1n) is 11.8. The highest BCUT2D eigenvalue weighted by molar-refractivity contribution is 5.79. The van der Waals surface area contributed by atoms with Crippen LogP contribution >= 0.6 is 0 Å². The fourth-order valence-electron chi connectivity index (χ4n) is 4.56. The number of nitriles is 1. The van der Waals surface area contributed by atoms with Crippen LogP contribution in [0.2, 0.25) is 0 Å². The number of nitrogens with zero attached hydrogens (tertiary/aromatic N) is 4. The molecule has 0 spiro atoms. The van der Waals surface area contributed by atoms with Gasteiger partial charge in [0, 0.05) is 43.7 Å². The molecular formula is C25H33N5O2. The van der Waals surface area contributed by atoms with Crippen molar-refractivity contribution < 1.29 is 9.53 Å². The molecule has 1 aromatic heterocycles. The van der Waals surface area contributed by atoms with Crippen LogP contribution in [0.5, 0.6) is 0 Å². The normalized spacial score (nSPS) is 18.7. The molecule has 7 nitrogen and oxygen atoms in total. The summed E-state index contributed by atoms with van der Waals surface area (Å²) in [5, 5.41) is 17.0. The van der Waals surface area contributed by atoms with Crippen molar-refractivity contribution in [2.24, 2.45) is 5.92 Å². The van der Waals surface area contributed by atoms with Gasteiger partial charge in [0.2, 0.25) is 5.91 Å². The molecule has 1 saturated carbocycles. The quantitative estimate of drug-likeness (QED) is 0.689. The zero-order valence-corrected chi connectivity index (χ0v) is 18.7. The molecule has 0 bridgehead atoms. The molecule has 170 valence electrons. The molecule has 2 aromatic rings. The van der Waals surface area contributed by atoms with Gasteiger partial charge in [0.1, 0.15) is 6.04 Å². The van der Waals surface area contributed by atoms with E-state index in [0.717, 1.165) is 81.8 Å². The third-order valence-electron chi connectivity index (χ3n) is 6.56. The number of hydrogen-bond acceptors (Lipinski definition) is 5. The SMILES string of the molecule is N#CC(Cc1ccc(-c2cnn(CCN3CCOCC3)c2)cc1)NC(=O)C1CCCCC1. The second kappa shape index (κ2) is 11.3. The first-order valence-corrected chi connectivity index (χ1v) is 11.8. The van der Waals surface area contributed by atoms with Gasteiger partial charge in [0.05, 0.1) is 32.0 Å². The lowest BCUT2D eigenvalue weighted by Crippen LogP contribution is -2.40. The average Bonchev–Trinajstić information content (AvgIpc) is 3.33. The van der Waals surface area contributed by atoms with Crippen molar-refractivity contribution >= 4 is 5.91 Å². The van der Waals surface area contributed by atoms with Crippen LogP contribution in [0.3, 0.4) is 0 Å². The molecule has 2 fully saturated rings. The fraction of sp³-hybridized carbons (Fsp3) is 0.560. The Hall–Kier alpha value is -2.69. The third kappa shape index (κ3) is 6.18. The molecule has 1 aliphatic heterocycles. The van der Waals surface area contributed by atoms with Crippen molar-refractivity contribution in [1.82, 2.24) is 20.0 Å². The summed E-state index contributed by atoms with van der Waals surface area (Å²) in [7, 11) is 0. The molecule has 0 radical (unpaired) electrons. The summed E-state index contributed by atoms with van der Waals surface area (Å²) in [6.07, 6.45) is 9.83. The number of morpholine rings is 1. The van der Waals surface area contributed by atoms with E-state index in [0.29, 0.717) is 6.42 Å². The van der Waals surface area contributed by atoms with Crippen molar-refractivity contribution in [3.63, 3.8) is 0 Å². The number of benzene rings is 1. The maximum Gasteiger partial charge on any atom is 0.224 e. The second-order valence-corrected chi connectivity index (χ2v) is 8.87. The summed E-state index contributed by atoms with van der Waals surface area (Å²) >= 11 is 0. The highest BCUT2D eigenvalue weighted by Crippen LogP contribution is 2.24. The molecular weight excluding hydrogens is 402 g/mol. The molecule has 1 unspecified atom stereocenters. The number of carbonyl (C=O) groups excluding carboxylic acids is 1. The van der Waals surface area contributed by atoms with Crippen LogP contribution < -0.4 is 5.32 Å². The number of nitrogens with one attached hydrogen (secondary N) is 1. The maximum atomic E-state index is 12.5. The summed E-state index contributed by atoms with van der Waals surface area (Å²) in [4.78, 5) is 14.9. The molecule has 7 heteroatoms. The highest BCUT2D eigenvalue weighted by Gasteiger charge is 2.23. The molecule has 1 aromatic carbocycles. The highest BCUT2D eigenvalue weighted by atomic mass is 16.5. The van der Waals surface area contributed by atoms with Gasteiger partial charge in [-0.05, 0) is 24.0 Å². The number of hydrogen-bond donors (Lipinski definition) is 1. The van der Waals surface area contributed by atoms with Gasteiger partial charge in [-0.2, -0.15) is 10.4 Å². The van der Waals surface area contributed by atoms with E-state index in [1.807, 2.05) is 23.0 Å². The molecule has 2 aliphatic rings. The Morgan fingerprint density at radius 2 is 1.88 bits per heavy atom. The predicted octanol–water partition coefficient (Wildman–Crippen LogP) is 3.01. The summed E-state index contributed by atoms with van der Waals surface area (Å²) < 4.78 is 7.39. The minimum atomic E-state index is -0.488. The summed E-state index contributed by atoms with van der Waals surface area (Å²) in [6.45, 7) is 5.44. The molecule has 1 atom stereocenters. The smallest absolute Gasteiger partial charge is 0.224 e. The number of carbonyl (C=O) groups is 1. The minimum absolute atomic E-state index is 0.0392. The molecule has 1 saturated heterocycles. The fourth-order valence-corrected chi connectivity index (χ4v) is 4.56. The standard InChI is InChI=1S/C25H33N5O2/c26-17-24(28-25(31)22-4-2-1-3-5-22)16-20-6-8-21(9-7-20)23-18-27-30(19-23)11-10-29-12-14-32-15-13-29/h6-9,18-19,22,24H,1-5,10-16H2,(H,28,31). The van der Waals surface area contributed by atoms with Crippen LogP contribution in [-0.4, -0.2) is 59.5 Å². The Kier molecular flexibility index (Phi) is 7.92. The van der Waals surface area contributed by atoms with Crippen LogP contribution in [-0.2, 0) is 22.5 Å². The Labute approximate surface area is 190 Å². The van der Waals surface area contributed by atoms with E-state index in [1.165, 1.54) is 6.42 Å². The molecule has 32 heavy (non-hydrogen) atoms. The van der Waals surface area contributed by atoms with Crippen LogP contribution in [0.15, 0.2) is 36.7 Å². The van der Waals surface area contributed by atoms with Crippen molar-refractivity contribution in [3.8, 4) is 17.2 Å². The second-order valence-electron chi connectivity index (χ2n) is 8.87. The van der Waals surface area contributed by atoms with Gasteiger partial charge in [-0.1, -0.05) is 43.5 Å². The summed E-state index contributed by atoms with van der Waals surface area (Å²) in [5.41, 5.74) is 3.23. The van der Waals surface area contributed by atoms with Crippen LogP contribution in [0, 0.1) is 17.2 Å². The first kappa shape index (κ1) is 22.5. The van der Waals surface area contributed by atoms with E-state index >= 15 is 0 Å². The van der Waals surface area contributed by atoms with E-state index in [-0.39, 0.29) is 11.8 Å². The lowest BCUT2D eigenvalue weighted by Gasteiger charge is -2.26. The van der Waals surface area contributed by atoms with Crippen molar-refractivity contribution in [2.45, 2.75) is 51.1 Å². The topological polar surface area (TPSA) is 83.2 Å². The van der Waals surface area contributed by atoms with Gasteiger partial charge >= 0.3 is 0 Å². The van der Waals surface area contributed by atoms with Crippen LogP contribution in [0.4, 0.5) is 0 Å². The van der Waals surface area contributed by atoms with Crippen molar-refractivity contribution in [3.05, 3.63) is 42.2 Å². The van der Waals surface area contributed by atoms with E-state index in [9.17, 15) is 10.1 Å². The van der Waals surface area contributed by atoms with Crippen LogP contribution in [0.1, 0.15) is 37.7 Å². The molecule has 2 heterocycles. The summed E-state index contributed by atoms with van der Waals surface area (Å²) in [6, 6.07) is 9.98. The van der Waals surface area contributed by atoms with Crippen molar-refractivity contribution in [1.29, 1.82) is 5.26 Å². The number of aromatic nitrogens is 2. The largest absolute Gasteiger partial charge is 0.379 e.